The number of hydrogen-bond acceptors (Lipinski definition) is 5. The molecule has 0 bridgehead atoms. The van der Waals surface area contributed by atoms with Gasteiger partial charge in [-0.05, 0) is 33.8 Å². The molecular weight excluding hydrogens is 255 g/mol. The van der Waals surface area contributed by atoms with E-state index in [9.17, 15) is 0 Å². The van der Waals surface area contributed by atoms with Crippen LogP contribution in [0.3, 0.4) is 0 Å². The number of nitrogens with zero attached hydrogens (tertiary/aromatic N) is 2. The summed E-state index contributed by atoms with van der Waals surface area (Å²) in [6, 6.07) is 3.93. The number of nitriles is 1. The Hall–Kier alpha value is -1.58. The first kappa shape index (κ1) is 14.8. The van der Waals surface area contributed by atoms with E-state index >= 15 is 0 Å². The van der Waals surface area contributed by atoms with Gasteiger partial charge in [0.2, 0.25) is 0 Å². The average Bonchev–Trinajstić information content (AvgIpc) is 2.59. The number of methoxy groups -OCH3 is 1. The molecule has 2 heterocycles. The monoisotopic (exact) mass is 274 g/mol. The topological polar surface area (TPSA) is 64.4 Å². The molecule has 1 fully saturated rings. The largest absolute Gasteiger partial charge is 0.514 e. The summed E-state index contributed by atoms with van der Waals surface area (Å²) < 4.78 is 17.1. The van der Waals surface area contributed by atoms with Gasteiger partial charge in [-0.25, -0.2) is 0 Å². The van der Waals surface area contributed by atoms with Gasteiger partial charge in [0, 0.05) is 5.56 Å². The molecule has 1 aromatic heterocycles. The zero-order valence-corrected chi connectivity index (χ0v) is 12.6. The van der Waals surface area contributed by atoms with E-state index in [1.54, 1.807) is 13.3 Å². The summed E-state index contributed by atoms with van der Waals surface area (Å²) in [6.45, 7) is 7.97. The van der Waals surface area contributed by atoms with Crippen LogP contribution in [0.2, 0.25) is 0 Å². The summed E-state index contributed by atoms with van der Waals surface area (Å²) >= 11 is 0. The minimum atomic E-state index is -0.525. The molecule has 0 saturated carbocycles. The fourth-order valence-electron chi connectivity index (χ4n) is 2.00. The van der Waals surface area contributed by atoms with Crippen LogP contribution in [-0.2, 0) is 15.7 Å². The first-order valence-corrected chi connectivity index (χ1v) is 6.56. The van der Waals surface area contributed by atoms with Crippen molar-refractivity contribution in [2.75, 3.05) is 7.11 Å². The molecule has 1 aliphatic heterocycles. The van der Waals surface area contributed by atoms with E-state index in [1.807, 2.05) is 33.8 Å². The van der Waals surface area contributed by atoms with Crippen LogP contribution in [0.5, 0.6) is 5.75 Å². The van der Waals surface area contributed by atoms with Gasteiger partial charge in [-0.2, -0.15) is 5.26 Å². The number of rotatable bonds is 3. The predicted octanol–water partition coefficient (Wildman–Crippen LogP) is 1.46. The van der Waals surface area contributed by atoms with Gasteiger partial charge in [0.1, 0.15) is 5.75 Å². The van der Waals surface area contributed by atoms with Crippen LogP contribution in [0.25, 0.3) is 0 Å². The molecule has 106 valence electrons. The quantitative estimate of drug-likeness (QED) is 0.781. The van der Waals surface area contributed by atoms with Crippen LogP contribution in [-0.4, -0.2) is 30.4 Å². The molecule has 2 rings (SSSR count). The van der Waals surface area contributed by atoms with Crippen LogP contribution in [0.15, 0.2) is 12.3 Å². The minimum Gasteiger partial charge on any atom is -0.495 e. The van der Waals surface area contributed by atoms with E-state index in [-0.39, 0.29) is 6.42 Å². The van der Waals surface area contributed by atoms with Gasteiger partial charge in [-0.1, -0.05) is 0 Å². The van der Waals surface area contributed by atoms with Crippen molar-refractivity contribution >= 4 is 12.7 Å². The third-order valence-electron chi connectivity index (χ3n) is 3.95. The minimum absolute atomic E-state index is 0.262. The molecule has 1 saturated heterocycles. The summed E-state index contributed by atoms with van der Waals surface area (Å²) in [6.07, 6.45) is 1.87. The van der Waals surface area contributed by atoms with Crippen molar-refractivity contribution < 1.29 is 14.0 Å². The van der Waals surface area contributed by atoms with Crippen LogP contribution in [0.1, 0.15) is 33.3 Å². The lowest BCUT2D eigenvalue weighted by molar-refractivity contribution is 0.00578. The molecule has 0 N–H and O–H groups in total. The highest BCUT2D eigenvalue weighted by atomic mass is 16.7. The van der Waals surface area contributed by atoms with Crippen molar-refractivity contribution in [2.24, 2.45) is 0 Å². The summed E-state index contributed by atoms with van der Waals surface area (Å²) in [5.41, 5.74) is 0.632. The third kappa shape index (κ3) is 2.51. The first-order valence-electron chi connectivity index (χ1n) is 6.56. The second-order valence-corrected chi connectivity index (χ2v) is 5.84. The molecule has 0 amide bonds. The van der Waals surface area contributed by atoms with Crippen LogP contribution >= 0.6 is 0 Å². The molecule has 0 aromatic carbocycles. The Bertz CT molecular complexity index is 536. The number of hydrogen-bond donors (Lipinski definition) is 0. The highest BCUT2D eigenvalue weighted by molar-refractivity contribution is 6.61. The van der Waals surface area contributed by atoms with E-state index in [2.05, 4.69) is 11.1 Å². The highest BCUT2D eigenvalue weighted by Gasteiger charge is 2.52. The van der Waals surface area contributed by atoms with Crippen molar-refractivity contribution in [3.8, 4) is 11.8 Å². The van der Waals surface area contributed by atoms with Gasteiger partial charge in [0.15, 0.2) is 0 Å². The molecule has 1 aromatic rings. The Labute approximate surface area is 120 Å². The van der Waals surface area contributed by atoms with E-state index < -0.39 is 18.3 Å². The first-order chi connectivity index (χ1) is 9.30. The maximum Gasteiger partial charge on any atom is 0.514 e. The molecule has 20 heavy (non-hydrogen) atoms. The van der Waals surface area contributed by atoms with Crippen molar-refractivity contribution in [3.63, 3.8) is 0 Å². The molecule has 0 radical (unpaired) electrons. The molecule has 0 aliphatic carbocycles. The number of aromatic nitrogens is 1. The zero-order valence-electron chi connectivity index (χ0n) is 12.6. The summed E-state index contributed by atoms with van der Waals surface area (Å²) in [5, 5.41) is 8.87. The Balaban J connectivity index is 2.32. The molecule has 0 atom stereocenters. The normalized spacial score (nSPS) is 19.7. The van der Waals surface area contributed by atoms with Crippen molar-refractivity contribution in [1.82, 2.24) is 4.98 Å². The molecule has 6 heteroatoms. The van der Waals surface area contributed by atoms with Gasteiger partial charge in [-0.15, -0.1) is 0 Å². The predicted molar refractivity (Wildman–Crippen MR) is 75.8 cm³/mol. The Kier molecular flexibility index (Phi) is 3.76. The molecule has 1 aliphatic rings. The Morgan fingerprint density at radius 1 is 1.30 bits per heavy atom. The second-order valence-electron chi connectivity index (χ2n) is 5.84. The molecule has 0 spiro atoms. The maximum absolute atomic E-state index is 8.87. The third-order valence-corrected chi connectivity index (χ3v) is 3.95. The van der Waals surface area contributed by atoms with Crippen molar-refractivity contribution in [2.45, 2.75) is 45.3 Å². The van der Waals surface area contributed by atoms with Gasteiger partial charge < -0.3 is 14.0 Å². The van der Waals surface area contributed by atoms with Crippen LogP contribution < -0.4 is 10.3 Å². The fraction of sp³-hybridized carbons (Fsp3) is 0.571. The SMILES string of the molecule is COc1cnc(B2OC(C)(C)C(C)(C)O2)cc1CC#N. The van der Waals surface area contributed by atoms with Gasteiger partial charge in [-0.3, -0.25) is 4.98 Å². The molecule has 5 nitrogen and oxygen atoms in total. The lowest BCUT2D eigenvalue weighted by atomic mass is 9.83. The zero-order chi connectivity index (χ0) is 15.0. The Morgan fingerprint density at radius 3 is 2.40 bits per heavy atom. The fourth-order valence-corrected chi connectivity index (χ4v) is 2.00. The van der Waals surface area contributed by atoms with Gasteiger partial charge in [0.05, 0.1) is 42.6 Å². The van der Waals surface area contributed by atoms with Crippen LogP contribution in [0.4, 0.5) is 0 Å². The summed E-state index contributed by atoms with van der Waals surface area (Å²) in [7, 11) is 1.04. The van der Waals surface area contributed by atoms with E-state index in [0.717, 1.165) is 5.56 Å². The number of pyridine rings is 1. The molecule has 0 unspecified atom stereocenters. The smallest absolute Gasteiger partial charge is 0.495 e. The second kappa shape index (κ2) is 5.08. The maximum atomic E-state index is 8.87. The van der Waals surface area contributed by atoms with E-state index in [1.165, 1.54) is 0 Å². The van der Waals surface area contributed by atoms with E-state index in [4.69, 9.17) is 19.3 Å². The van der Waals surface area contributed by atoms with Crippen molar-refractivity contribution in [1.29, 1.82) is 5.26 Å². The summed E-state index contributed by atoms with van der Waals surface area (Å²) in [4.78, 5) is 4.32. The molecular formula is C14H19BN2O3. The van der Waals surface area contributed by atoms with Gasteiger partial charge in [0.25, 0.3) is 0 Å². The lowest BCUT2D eigenvalue weighted by Gasteiger charge is -2.32. The van der Waals surface area contributed by atoms with Gasteiger partial charge >= 0.3 is 7.12 Å². The van der Waals surface area contributed by atoms with E-state index in [0.29, 0.717) is 11.3 Å². The number of ether oxygens (including phenoxy) is 1. The highest BCUT2D eigenvalue weighted by Crippen LogP contribution is 2.36. The standard InChI is InChI=1S/C14H19BN2O3/c1-13(2)14(3,4)20-15(19-13)12-8-10(6-7-16)11(18-5)9-17-12/h8-9H,6H2,1-5H3. The lowest BCUT2D eigenvalue weighted by Crippen LogP contribution is -2.41. The summed E-state index contributed by atoms with van der Waals surface area (Å²) in [5.74, 6) is 0.604. The Morgan fingerprint density at radius 2 is 1.90 bits per heavy atom. The van der Waals surface area contributed by atoms with Crippen molar-refractivity contribution in [3.05, 3.63) is 17.8 Å². The van der Waals surface area contributed by atoms with Crippen LogP contribution in [0, 0.1) is 11.3 Å². The average molecular weight is 274 g/mol.